The van der Waals surface area contributed by atoms with Gasteiger partial charge in [0.15, 0.2) is 6.04 Å². The minimum absolute atomic E-state index is 0.0631. The van der Waals surface area contributed by atoms with Crippen molar-refractivity contribution in [1.29, 1.82) is 0 Å². The second-order valence-electron chi connectivity index (χ2n) is 7.74. The third kappa shape index (κ3) is 3.52. The van der Waals surface area contributed by atoms with Gasteiger partial charge < -0.3 is 9.80 Å². The van der Waals surface area contributed by atoms with Gasteiger partial charge in [0, 0.05) is 10.7 Å². The van der Waals surface area contributed by atoms with E-state index in [1.165, 1.54) is 9.80 Å². The van der Waals surface area contributed by atoms with Crippen molar-refractivity contribution in [3.05, 3.63) is 58.6 Å². The van der Waals surface area contributed by atoms with Crippen molar-refractivity contribution in [1.82, 2.24) is 0 Å². The van der Waals surface area contributed by atoms with E-state index in [1.54, 1.807) is 0 Å². The number of nitrogens with zero attached hydrogens (tertiary/aromatic N) is 2. The zero-order valence-electron chi connectivity index (χ0n) is 16.2. The second-order valence-corrected chi connectivity index (χ2v) is 8.17. The molecule has 2 amide bonds. The van der Waals surface area contributed by atoms with E-state index in [-0.39, 0.29) is 17.9 Å². The molecule has 2 aliphatic heterocycles. The quantitative estimate of drug-likeness (QED) is 0.804. The van der Waals surface area contributed by atoms with Gasteiger partial charge in [-0.05, 0) is 49.7 Å². The van der Waals surface area contributed by atoms with Crippen molar-refractivity contribution >= 4 is 34.8 Å². The van der Waals surface area contributed by atoms with Crippen LogP contribution in [0.3, 0.4) is 0 Å². The van der Waals surface area contributed by atoms with Gasteiger partial charge in [-0.25, -0.2) is 4.90 Å². The van der Waals surface area contributed by atoms with Gasteiger partial charge in [-0.2, -0.15) is 0 Å². The van der Waals surface area contributed by atoms with Crippen molar-refractivity contribution in [2.45, 2.75) is 26.3 Å². The van der Waals surface area contributed by atoms with Crippen molar-refractivity contribution in [2.75, 3.05) is 36.0 Å². The summed E-state index contributed by atoms with van der Waals surface area (Å²) in [5.41, 5.74) is 3.96. The number of aryl methyl sites for hydroxylation is 2. The summed E-state index contributed by atoms with van der Waals surface area (Å²) in [7, 11) is 0. The molecule has 2 heterocycles. The molecule has 6 heteroatoms. The first-order valence-electron chi connectivity index (χ1n) is 9.73. The summed E-state index contributed by atoms with van der Waals surface area (Å²) in [6.45, 7) is 7.36. The number of benzene rings is 2. The Morgan fingerprint density at radius 3 is 2.32 bits per heavy atom. The number of rotatable bonds is 3. The molecule has 28 heavy (non-hydrogen) atoms. The number of halogens is 1. The summed E-state index contributed by atoms with van der Waals surface area (Å²) in [6.07, 6.45) is 0.294. The van der Waals surface area contributed by atoms with Crippen molar-refractivity contribution in [3.8, 4) is 0 Å². The maximum Gasteiger partial charge on any atom is 0.292 e. The van der Waals surface area contributed by atoms with Crippen LogP contribution in [0.15, 0.2) is 42.5 Å². The molecule has 2 fully saturated rings. The van der Waals surface area contributed by atoms with Crippen LogP contribution < -0.4 is 14.7 Å². The molecule has 0 aromatic heterocycles. The van der Waals surface area contributed by atoms with Gasteiger partial charge in [-0.15, -0.1) is 0 Å². The molecule has 1 atom stereocenters. The lowest BCUT2D eigenvalue weighted by Gasteiger charge is -2.35. The van der Waals surface area contributed by atoms with Crippen molar-refractivity contribution in [3.63, 3.8) is 0 Å². The Kier molecular flexibility index (Phi) is 5.13. The molecule has 0 bridgehead atoms. The smallest absolute Gasteiger partial charge is 0.292 e. The first-order chi connectivity index (χ1) is 13.4. The summed E-state index contributed by atoms with van der Waals surface area (Å²) < 4.78 is 0. The molecule has 0 aliphatic carbocycles. The number of piperazine rings is 1. The third-order valence-corrected chi connectivity index (χ3v) is 6.08. The van der Waals surface area contributed by atoms with Gasteiger partial charge in [-0.3, -0.25) is 9.59 Å². The lowest BCUT2D eigenvalue weighted by Crippen LogP contribution is -3.19. The van der Waals surface area contributed by atoms with Crippen LogP contribution in [0.2, 0.25) is 5.02 Å². The first kappa shape index (κ1) is 19.0. The third-order valence-electron chi connectivity index (χ3n) is 5.83. The Hall–Kier alpha value is -2.37. The molecule has 5 nitrogen and oxygen atoms in total. The zero-order chi connectivity index (χ0) is 19.8. The highest BCUT2D eigenvalue weighted by molar-refractivity contribution is 6.30. The number of carbonyl (C=O) groups excluding carboxylic acids is 2. The minimum atomic E-state index is -0.277. The average Bonchev–Trinajstić information content (AvgIpc) is 2.97. The van der Waals surface area contributed by atoms with Crippen LogP contribution in [0.25, 0.3) is 0 Å². The molecular weight excluding hydrogens is 374 g/mol. The van der Waals surface area contributed by atoms with Gasteiger partial charge in [-0.1, -0.05) is 29.3 Å². The highest BCUT2D eigenvalue weighted by Crippen LogP contribution is 2.26. The Bertz CT molecular complexity index is 904. The number of anilines is 2. The number of hydrogen-bond donors (Lipinski definition) is 1. The molecule has 0 spiro atoms. The molecule has 0 saturated carbocycles. The molecule has 0 radical (unpaired) electrons. The number of nitrogens with one attached hydrogen (secondary N) is 1. The average molecular weight is 399 g/mol. The second kappa shape index (κ2) is 7.57. The Morgan fingerprint density at radius 2 is 1.68 bits per heavy atom. The van der Waals surface area contributed by atoms with E-state index in [0.717, 1.165) is 53.7 Å². The molecular formula is C22H25ClN3O2+. The SMILES string of the molecule is Cc1ccc(N2C(=O)C[C@@H]([NH+]3CCN(c4ccc(Cl)cc4)CC3)C2=O)c(C)c1. The lowest BCUT2D eigenvalue weighted by molar-refractivity contribution is -0.915. The van der Waals surface area contributed by atoms with Gasteiger partial charge in [0.2, 0.25) is 5.91 Å². The summed E-state index contributed by atoms with van der Waals surface area (Å²) >= 11 is 5.98. The number of quaternary nitrogens is 1. The first-order valence-corrected chi connectivity index (χ1v) is 10.1. The molecule has 0 unspecified atom stereocenters. The normalized spacial score (nSPS) is 20.9. The van der Waals surface area contributed by atoms with Crippen molar-refractivity contribution in [2.24, 2.45) is 0 Å². The number of amides is 2. The lowest BCUT2D eigenvalue weighted by atomic mass is 10.1. The molecule has 2 saturated heterocycles. The fraction of sp³-hybridized carbons (Fsp3) is 0.364. The van der Waals surface area contributed by atoms with Crippen LogP contribution in [0.4, 0.5) is 11.4 Å². The highest BCUT2D eigenvalue weighted by atomic mass is 35.5. The Balaban J connectivity index is 1.45. The van der Waals surface area contributed by atoms with Crippen LogP contribution in [0.5, 0.6) is 0 Å². The Labute approximate surface area is 170 Å². The predicted molar refractivity (Wildman–Crippen MR) is 111 cm³/mol. The maximum atomic E-state index is 13.1. The molecule has 2 aromatic carbocycles. The van der Waals surface area contributed by atoms with Crippen LogP contribution >= 0.6 is 11.6 Å². The summed E-state index contributed by atoms with van der Waals surface area (Å²) in [5, 5.41) is 0.731. The van der Waals surface area contributed by atoms with E-state index in [1.807, 2.05) is 56.3 Å². The van der Waals surface area contributed by atoms with Gasteiger partial charge in [0.1, 0.15) is 0 Å². The maximum absolute atomic E-state index is 13.1. The minimum Gasteiger partial charge on any atom is -0.360 e. The van der Waals surface area contributed by atoms with Crippen molar-refractivity contribution < 1.29 is 14.5 Å². The fourth-order valence-electron chi connectivity index (χ4n) is 4.31. The van der Waals surface area contributed by atoms with Crippen LogP contribution in [0.1, 0.15) is 17.5 Å². The summed E-state index contributed by atoms with van der Waals surface area (Å²) in [4.78, 5) is 30.7. The number of imide groups is 1. The van der Waals surface area contributed by atoms with Gasteiger partial charge in [0.05, 0.1) is 38.3 Å². The van der Waals surface area contributed by atoms with E-state index < -0.39 is 0 Å². The van der Waals surface area contributed by atoms with E-state index in [9.17, 15) is 9.59 Å². The van der Waals surface area contributed by atoms with Crippen LogP contribution in [-0.4, -0.2) is 44.0 Å². The number of hydrogen-bond acceptors (Lipinski definition) is 3. The summed E-state index contributed by atoms with van der Waals surface area (Å²) in [6, 6.07) is 13.4. The highest BCUT2D eigenvalue weighted by Gasteiger charge is 2.46. The van der Waals surface area contributed by atoms with E-state index in [0.29, 0.717) is 6.42 Å². The molecule has 2 aromatic rings. The molecule has 146 valence electrons. The number of carbonyl (C=O) groups is 2. The Morgan fingerprint density at radius 1 is 1.00 bits per heavy atom. The van der Waals surface area contributed by atoms with E-state index in [2.05, 4.69) is 4.90 Å². The van der Waals surface area contributed by atoms with Gasteiger partial charge in [0.25, 0.3) is 5.91 Å². The monoisotopic (exact) mass is 398 g/mol. The topological polar surface area (TPSA) is 45.1 Å². The largest absolute Gasteiger partial charge is 0.360 e. The fourth-order valence-corrected chi connectivity index (χ4v) is 4.44. The standard InChI is InChI=1S/C22H24ClN3O2/c1-15-3-8-19(16(2)13-15)26-21(27)14-20(22(26)28)25-11-9-24(10-12-25)18-6-4-17(23)5-7-18/h3-8,13,20H,9-12,14H2,1-2H3/p+1/t20-/m1/s1. The van der Waals surface area contributed by atoms with Crippen LogP contribution in [-0.2, 0) is 9.59 Å². The predicted octanol–water partition coefficient (Wildman–Crippen LogP) is 1.99. The zero-order valence-corrected chi connectivity index (χ0v) is 17.0. The molecule has 1 N–H and O–H groups in total. The molecule has 2 aliphatic rings. The van der Waals surface area contributed by atoms with E-state index in [4.69, 9.17) is 11.6 Å². The molecule has 4 rings (SSSR count). The van der Waals surface area contributed by atoms with Crippen LogP contribution in [0, 0.1) is 13.8 Å². The van der Waals surface area contributed by atoms with Gasteiger partial charge >= 0.3 is 0 Å². The summed E-state index contributed by atoms with van der Waals surface area (Å²) in [5.74, 6) is -0.151. The van der Waals surface area contributed by atoms with E-state index >= 15 is 0 Å².